The molecule has 5 atom stereocenters. The molecule has 1 aliphatic rings. The second kappa shape index (κ2) is 12.4. The molecule has 1 heterocycles. The van der Waals surface area contributed by atoms with Crippen LogP contribution < -0.4 is 34.7 Å². The maximum absolute atomic E-state index is 10.8. The smallest absolute Gasteiger partial charge is 0.547 e. The Bertz CT molecular complexity index is 353. The van der Waals surface area contributed by atoms with Crippen LogP contribution in [-0.4, -0.2) is 58.6 Å². The van der Waals surface area contributed by atoms with E-state index in [4.69, 9.17) is 9.47 Å². The SMILES string of the molecule is C=CCCCCCCCO[C@@H]1O[C@H](C(=O)[O-])[C@@H](O)[C@H](O)[C@H]1O.[Na+]. The third-order valence-corrected chi connectivity index (χ3v) is 3.64. The molecule has 0 aliphatic carbocycles. The van der Waals surface area contributed by atoms with E-state index >= 15 is 0 Å². The molecule has 7 nitrogen and oxygen atoms in total. The summed E-state index contributed by atoms with van der Waals surface area (Å²) in [4.78, 5) is 10.8. The van der Waals surface area contributed by atoms with Crippen LogP contribution in [-0.2, 0) is 14.3 Å². The van der Waals surface area contributed by atoms with Gasteiger partial charge in [-0.05, 0) is 19.3 Å². The second-order valence-electron chi connectivity index (χ2n) is 5.43. The molecule has 3 N–H and O–H groups in total. The van der Waals surface area contributed by atoms with Gasteiger partial charge in [0.05, 0.1) is 5.97 Å². The number of hydrogen-bond acceptors (Lipinski definition) is 7. The van der Waals surface area contributed by atoms with E-state index in [1.54, 1.807) is 0 Å². The number of allylic oxidation sites excluding steroid dienone is 1. The van der Waals surface area contributed by atoms with Crippen molar-refractivity contribution in [3.05, 3.63) is 12.7 Å². The second-order valence-corrected chi connectivity index (χ2v) is 5.43. The summed E-state index contributed by atoms with van der Waals surface area (Å²) in [6.07, 6.45) is -0.0911. The molecule has 1 saturated heterocycles. The predicted octanol–water partition coefficient (Wildman–Crippen LogP) is -3.91. The number of rotatable bonds is 10. The molecule has 0 unspecified atom stereocenters. The fourth-order valence-electron chi connectivity index (χ4n) is 2.30. The minimum Gasteiger partial charge on any atom is -0.547 e. The summed E-state index contributed by atoms with van der Waals surface area (Å²) >= 11 is 0. The molecule has 0 radical (unpaired) electrons. The Morgan fingerprint density at radius 3 is 2.30 bits per heavy atom. The molecule has 0 aromatic rings. The number of hydrogen-bond donors (Lipinski definition) is 3. The first-order valence-corrected chi connectivity index (χ1v) is 7.62. The van der Waals surface area contributed by atoms with Crippen LogP contribution in [0.2, 0.25) is 0 Å². The van der Waals surface area contributed by atoms with Crippen molar-refractivity contribution in [1.82, 2.24) is 0 Å². The molecule has 1 rings (SSSR count). The molecule has 0 bridgehead atoms. The van der Waals surface area contributed by atoms with Gasteiger partial charge in [0.2, 0.25) is 0 Å². The Hall–Kier alpha value is 0.0100. The fourth-order valence-corrected chi connectivity index (χ4v) is 2.30. The molecule has 0 saturated carbocycles. The zero-order chi connectivity index (χ0) is 16.5. The summed E-state index contributed by atoms with van der Waals surface area (Å²) < 4.78 is 10.2. The molecule has 0 spiro atoms. The molecular weight excluding hydrogens is 315 g/mol. The molecule has 0 amide bonds. The first-order valence-electron chi connectivity index (χ1n) is 7.62. The number of carboxylic acid groups (broad SMARTS) is 1. The van der Waals surface area contributed by atoms with E-state index < -0.39 is 36.7 Å². The summed E-state index contributed by atoms with van der Waals surface area (Å²) in [5.41, 5.74) is 0. The van der Waals surface area contributed by atoms with Crippen molar-refractivity contribution < 1.29 is 64.3 Å². The predicted molar refractivity (Wildman–Crippen MR) is 75.5 cm³/mol. The number of ether oxygens (including phenoxy) is 2. The Balaban J connectivity index is 0.00000484. The van der Waals surface area contributed by atoms with E-state index in [-0.39, 0.29) is 36.2 Å². The first kappa shape index (κ1) is 23.0. The van der Waals surface area contributed by atoms with E-state index in [0.29, 0.717) is 0 Å². The van der Waals surface area contributed by atoms with E-state index in [0.717, 1.165) is 38.5 Å². The number of aliphatic carboxylic acids is 1. The number of unbranched alkanes of at least 4 members (excludes halogenated alkanes) is 5. The van der Waals surface area contributed by atoms with Gasteiger partial charge in [0.15, 0.2) is 6.29 Å². The van der Waals surface area contributed by atoms with Crippen LogP contribution in [0.25, 0.3) is 0 Å². The van der Waals surface area contributed by atoms with E-state index in [1.165, 1.54) is 0 Å². The van der Waals surface area contributed by atoms with Crippen LogP contribution >= 0.6 is 0 Å². The van der Waals surface area contributed by atoms with Crippen molar-refractivity contribution in [3.8, 4) is 0 Å². The van der Waals surface area contributed by atoms with Gasteiger partial charge in [-0.3, -0.25) is 0 Å². The van der Waals surface area contributed by atoms with Crippen molar-refractivity contribution in [1.29, 1.82) is 0 Å². The molecule has 0 aromatic heterocycles. The summed E-state index contributed by atoms with van der Waals surface area (Å²) in [6.45, 7) is 3.92. The molecule has 1 aliphatic heterocycles. The Labute approximate surface area is 158 Å². The zero-order valence-electron chi connectivity index (χ0n) is 13.6. The Morgan fingerprint density at radius 1 is 1.09 bits per heavy atom. The largest absolute Gasteiger partial charge is 1.00 e. The normalized spacial score (nSPS) is 30.5. The van der Waals surface area contributed by atoms with E-state index in [9.17, 15) is 25.2 Å². The minimum atomic E-state index is -1.75. The first-order chi connectivity index (χ1) is 10.5. The number of aliphatic hydroxyl groups is 3. The van der Waals surface area contributed by atoms with Crippen LogP contribution in [0.5, 0.6) is 0 Å². The number of carbonyl (C=O) groups excluding carboxylic acids is 1. The van der Waals surface area contributed by atoms with Gasteiger partial charge >= 0.3 is 29.6 Å². The molecule has 8 heteroatoms. The van der Waals surface area contributed by atoms with Gasteiger partial charge in [-0.25, -0.2) is 0 Å². The summed E-state index contributed by atoms with van der Waals surface area (Å²) in [6, 6.07) is 0. The summed E-state index contributed by atoms with van der Waals surface area (Å²) in [7, 11) is 0. The van der Waals surface area contributed by atoms with Crippen molar-refractivity contribution in [2.45, 2.75) is 69.2 Å². The average Bonchev–Trinajstić information content (AvgIpc) is 2.49. The third kappa shape index (κ3) is 7.62. The van der Waals surface area contributed by atoms with E-state index in [1.807, 2.05) is 6.08 Å². The van der Waals surface area contributed by atoms with Crippen LogP contribution in [0.4, 0.5) is 0 Å². The quantitative estimate of drug-likeness (QED) is 0.211. The van der Waals surface area contributed by atoms with Crippen molar-refractivity contribution in [2.24, 2.45) is 0 Å². The number of aliphatic hydroxyl groups excluding tert-OH is 3. The summed E-state index contributed by atoms with van der Waals surface area (Å²) in [5, 5.41) is 39.6. The number of carboxylic acids is 1. The molecule has 1 fully saturated rings. The topological polar surface area (TPSA) is 119 Å². The molecule has 0 aromatic carbocycles. The van der Waals surface area contributed by atoms with Crippen molar-refractivity contribution in [2.75, 3.05) is 6.61 Å². The summed E-state index contributed by atoms with van der Waals surface area (Å²) in [5.74, 6) is -1.66. The zero-order valence-corrected chi connectivity index (χ0v) is 15.6. The standard InChI is InChI=1S/C15H26O7.Na/c1-2-3-4-5-6-7-8-9-21-15-12(18)10(16)11(17)13(22-15)14(19)20;/h2,10-13,15-18H,1,3-9H2,(H,19,20);/q;+1/p-1/t10-,11-,12+,13-,15+;/m0./s1. The minimum absolute atomic E-state index is 0. The van der Waals surface area contributed by atoms with Crippen LogP contribution in [0.1, 0.15) is 38.5 Å². The van der Waals surface area contributed by atoms with Gasteiger partial charge in [0.25, 0.3) is 0 Å². The fraction of sp³-hybridized carbons (Fsp3) is 0.800. The van der Waals surface area contributed by atoms with Gasteiger partial charge < -0.3 is 34.7 Å². The molecule has 128 valence electrons. The Kier molecular flexibility index (Phi) is 12.4. The van der Waals surface area contributed by atoms with Crippen LogP contribution in [0.15, 0.2) is 12.7 Å². The van der Waals surface area contributed by atoms with Crippen LogP contribution in [0.3, 0.4) is 0 Å². The van der Waals surface area contributed by atoms with E-state index in [2.05, 4.69) is 6.58 Å². The van der Waals surface area contributed by atoms with Gasteiger partial charge in [0, 0.05) is 6.61 Å². The van der Waals surface area contributed by atoms with Crippen molar-refractivity contribution in [3.63, 3.8) is 0 Å². The van der Waals surface area contributed by atoms with Gasteiger partial charge in [-0.2, -0.15) is 0 Å². The van der Waals surface area contributed by atoms with Crippen molar-refractivity contribution >= 4 is 5.97 Å². The van der Waals surface area contributed by atoms with Gasteiger partial charge in [0.1, 0.15) is 24.4 Å². The number of carbonyl (C=O) groups is 1. The maximum atomic E-state index is 10.8. The maximum Gasteiger partial charge on any atom is 1.00 e. The van der Waals surface area contributed by atoms with Crippen LogP contribution in [0, 0.1) is 0 Å². The van der Waals surface area contributed by atoms with Gasteiger partial charge in [-0.1, -0.05) is 25.3 Å². The van der Waals surface area contributed by atoms with Gasteiger partial charge in [-0.15, -0.1) is 6.58 Å². The Morgan fingerprint density at radius 2 is 1.70 bits per heavy atom. The third-order valence-electron chi connectivity index (χ3n) is 3.64. The molecular formula is C15H25NaO7. The average molecular weight is 340 g/mol. The molecule has 23 heavy (non-hydrogen) atoms. The monoisotopic (exact) mass is 340 g/mol.